The van der Waals surface area contributed by atoms with E-state index in [1.807, 2.05) is 19.1 Å². The van der Waals surface area contributed by atoms with E-state index in [0.29, 0.717) is 18.7 Å². The molecule has 0 unspecified atom stereocenters. The summed E-state index contributed by atoms with van der Waals surface area (Å²) >= 11 is 4.99. The van der Waals surface area contributed by atoms with Crippen LogP contribution in [0, 0.1) is 0 Å². The van der Waals surface area contributed by atoms with Crippen LogP contribution in [0.3, 0.4) is 0 Å². The SMILES string of the molecule is CCc1ccc(S(=O)(=O)NCCc2ccc(Br)s2)cc1N. The number of hydrogen-bond donors (Lipinski definition) is 2. The number of aryl methyl sites for hydroxylation is 1. The number of anilines is 1. The Hall–Kier alpha value is -0.890. The van der Waals surface area contributed by atoms with Crippen molar-refractivity contribution < 1.29 is 8.42 Å². The van der Waals surface area contributed by atoms with E-state index in [1.165, 1.54) is 6.07 Å². The molecule has 0 radical (unpaired) electrons. The van der Waals surface area contributed by atoms with Crippen LogP contribution in [-0.2, 0) is 22.9 Å². The zero-order chi connectivity index (χ0) is 15.5. The molecule has 3 N–H and O–H groups in total. The van der Waals surface area contributed by atoms with E-state index in [2.05, 4.69) is 20.7 Å². The Morgan fingerprint density at radius 3 is 2.62 bits per heavy atom. The van der Waals surface area contributed by atoms with Crippen molar-refractivity contribution in [2.45, 2.75) is 24.7 Å². The maximum absolute atomic E-state index is 12.2. The average molecular weight is 389 g/mol. The molecule has 0 saturated heterocycles. The van der Waals surface area contributed by atoms with Crippen molar-refractivity contribution >= 4 is 43.0 Å². The van der Waals surface area contributed by atoms with E-state index in [1.54, 1.807) is 23.5 Å². The van der Waals surface area contributed by atoms with E-state index in [9.17, 15) is 8.42 Å². The van der Waals surface area contributed by atoms with Crippen LogP contribution < -0.4 is 10.5 Å². The minimum Gasteiger partial charge on any atom is -0.398 e. The molecule has 114 valence electrons. The van der Waals surface area contributed by atoms with Gasteiger partial charge in [-0.05, 0) is 58.6 Å². The number of sulfonamides is 1. The highest BCUT2D eigenvalue weighted by atomic mass is 79.9. The standard InChI is InChI=1S/C14H17BrN2O2S2/c1-2-10-3-5-12(9-13(10)16)21(18,19)17-8-7-11-4-6-14(15)20-11/h3-6,9,17H,2,7-8,16H2,1H3. The first-order valence-electron chi connectivity index (χ1n) is 6.54. The summed E-state index contributed by atoms with van der Waals surface area (Å²) in [5.41, 5.74) is 7.33. The lowest BCUT2D eigenvalue weighted by molar-refractivity contribution is 0.582. The van der Waals surface area contributed by atoms with E-state index in [-0.39, 0.29) is 4.90 Å². The van der Waals surface area contributed by atoms with Crippen LogP contribution >= 0.6 is 27.3 Å². The van der Waals surface area contributed by atoms with Crippen molar-refractivity contribution in [2.75, 3.05) is 12.3 Å². The minimum atomic E-state index is -3.51. The van der Waals surface area contributed by atoms with Gasteiger partial charge in [-0.1, -0.05) is 13.0 Å². The fourth-order valence-electron chi connectivity index (χ4n) is 1.94. The number of benzene rings is 1. The summed E-state index contributed by atoms with van der Waals surface area (Å²) < 4.78 is 28.1. The molecule has 2 rings (SSSR count). The molecule has 4 nitrogen and oxygen atoms in total. The lowest BCUT2D eigenvalue weighted by atomic mass is 10.1. The molecule has 1 heterocycles. The van der Waals surface area contributed by atoms with Gasteiger partial charge in [0, 0.05) is 17.1 Å². The molecular formula is C14H17BrN2O2S2. The van der Waals surface area contributed by atoms with Crippen LogP contribution in [0.4, 0.5) is 5.69 Å². The molecule has 0 aliphatic rings. The Balaban J connectivity index is 2.02. The number of hydrogen-bond acceptors (Lipinski definition) is 4. The molecule has 0 fully saturated rings. The van der Waals surface area contributed by atoms with Crippen molar-refractivity contribution in [1.82, 2.24) is 4.72 Å². The van der Waals surface area contributed by atoms with Gasteiger partial charge >= 0.3 is 0 Å². The van der Waals surface area contributed by atoms with Crippen molar-refractivity contribution in [1.29, 1.82) is 0 Å². The molecule has 0 spiro atoms. The molecular weight excluding hydrogens is 372 g/mol. The number of nitrogen functional groups attached to an aromatic ring is 1. The molecule has 0 bridgehead atoms. The lowest BCUT2D eigenvalue weighted by Gasteiger charge is -2.09. The van der Waals surface area contributed by atoms with Crippen LogP contribution in [0.2, 0.25) is 0 Å². The predicted molar refractivity (Wildman–Crippen MR) is 91.1 cm³/mol. The number of thiophene rings is 1. The third kappa shape index (κ3) is 4.29. The quantitative estimate of drug-likeness (QED) is 0.746. The number of halogens is 1. The molecule has 21 heavy (non-hydrogen) atoms. The van der Waals surface area contributed by atoms with Crippen molar-refractivity contribution in [3.63, 3.8) is 0 Å². The summed E-state index contributed by atoms with van der Waals surface area (Å²) in [7, 11) is -3.51. The summed E-state index contributed by atoms with van der Waals surface area (Å²) in [6, 6.07) is 8.82. The van der Waals surface area contributed by atoms with Gasteiger partial charge < -0.3 is 5.73 Å². The third-order valence-corrected chi connectivity index (χ3v) is 6.24. The predicted octanol–water partition coefficient (Wildman–Crippen LogP) is 3.18. The zero-order valence-corrected chi connectivity index (χ0v) is 14.8. The van der Waals surface area contributed by atoms with Gasteiger partial charge in [-0.25, -0.2) is 13.1 Å². The first-order chi connectivity index (χ1) is 9.92. The van der Waals surface area contributed by atoms with Gasteiger partial charge in [-0.2, -0.15) is 0 Å². The Kier molecular flexibility index (Phi) is 5.43. The Labute approximate surface area is 137 Å². The smallest absolute Gasteiger partial charge is 0.240 e. The van der Waals surface area contributed by atoms with Gasteiger partial charge in [0.25, 0.3) is 0 Å². The second-order valence-electron chi connectivity index (χ2n) is 4.57. The Morgan fingerprint density at radius 1 is 1.29 bits per heavy atom. The second-order valence-corrected chi connectivity index (χ2v) is 8.88. The van der Waals surface area contributed by atoms with Crippen LogP contribution in [-0.4, -0.2) is 15.0 Å². The molecule has 1 aromatic carbocycles. The Morgan fingerprint density at radius 2 is 2.05 bits per heavy atom. The van der Waals surface area contributed by atoms with Crippen molar-refractivity contribution in [3.05, 3.63) is 44.6 Å². The van der Waals surface area contributed by atoms with Gasteiger partial charge in [-0.3, -0.25) is 0 Å². The molecule has 0 atom stereocenters. The largest absolute Gasteiger partial charge is 0.398 e. The van der Waals surface area contributed by atoms with Crippen LogP contribution in [0.15, 0.2) is 39.0 Å². The summed E-state index contributed by atoms with van der Waals surface area (Å²) in [6.07, 6.45) is 1.45. The van der Waals surface area contributed by atoms with Gasteiger partial charge in [-0.15, -0.1) is 11.3 Å². The molecule has 0 saturated carbocycles. The number of nitrogens with one attached hydrogen (secondary N) is 1. The number of nitrogens with two attached hydrogens (primary N) is 1. The topological polar surface area (TPSA) is 72.2 Å². The maximum atomic E-state index is 12.2. The summed E-state index contributed by atoms with van der Waals surface area (Å²) in [5.74, 6) is 0. The highest BCUT2D eigenvalue weighted by Gasteiger charge is 2.14. The van der Waals surface area contributed by atoms with Gasteiger partial charge in [0.15, 0.2) is 0 Å². The molecule has 0 aliphatic carbocycles. The van der Waals surface area contributed by atoms with Gasteiger partial charge in [0.1, 0.15) is 0 Å². The Bertz CT molecular complexity index is 726. The lowest BCUT2D eigenvalue weighted by Crippen LogP contribution is -2.26. The van der Waals surface area contributed by atoms with Crippen LogP contribution in [0.1, 0.15) is 17.4 Å². The summed E-state index contributed by atoms with van der Waals surface area (Å²) in [6.45, 7) is 2.35. The fraction of sp³-hybridized carbons (Fsp3) is 0.286. The van der Waals surface area contributed by atoms with Crippen LogP contribution in [0.5, 0.6) is 0 Å². The molecule has 0 aliphatic heterocycles. The highest BCUT2D eigenvalue weighted by Crippen LogP contribution is 2.22. The molecule has 0 amide bonds. The first kappa shape index (κ1) is 16.5. The summed E-state index contributed by atoms with van der Waals surface area (Å²) in [4.78, 5) is 1.34. The maximum Gasteiger partial charge on any atom is 0.240 e. The number of rotatable bonds is 6. The van der Waals surface area contributed by atoms with Gasteiger partial charge in [0.05, 0.1) is 8.68 Å². The zero-order valence-electron chi connectivity index (χ0n) is 11.6. The molecule has 1 aromatic heterocycles. The van der Waals surface area contributed by atoms with E-state index < -0.39 is 10.0 Å². The van der Waals surface area contributed by atoms with Gasteiger partial charge in [0.2, 0.25) is 10.0 Å². The van der Waals surface area contributed by atoms with Crippen molar-refractivity contribution in [2.24, 2.45) is 0 Å². The average Bonchev–Trinajstić information content (AvgIpc) is 2.84. The molecule has 7 heteroatoms. The monoisotopic (exact) mass is 388 g/mol. The highest BCUT2D eigenvalue weighted by molar-refractivity contribution is 9.11. The van der Waals surface area contributed by atoms with E-state index in [0.717, 1.165) is 20.6 Å². The van der Waals surface area contributed by atoms with E-state index >= 15 is 0 Å². The minimum absolute atomic E-state index is 0.213. The first-order valence-corrected chi connectivity index (χ1v) is 9.64. The normalized spacial score (nSPS) is 11.7. The van der Waals surface area contributed by atoms with E-state index in [4.69, 9.17) is 5.73 Å². The van der Waals surface area contributed by atoms with Crippen molar-refractivity contribution in [3.8, 4) is 0 Å². The second kappa shape index (κ2) is 6.91. The third-order valence-electron chi connectivity index (χ3n) is 3.10. The molecule has 2 aromatic rings. The fourth-order valence-corrected chi connectivity index (χ4v) is 4.49. The van der Waals surface area contributed by atoms with Crippen LogP contribution in [0.25, 0.3) is 0 Å². The summed E-state index contributed by atoms with van der Waals surface area (Å²) in [5, 5.41) is 0.